The minimum atomic E-state index is 1.13. The molecule has 0 bridgehead atoms. The lowest BCUT2D eigenvalue weighted by molar-refractivity contribution is 0.496. The highest BCUT2D eigenvalue weighted by molar-refractivity contribution is 5.66. The average Bonchev–Trinajstić information content (AvgIpc) is 2.54. The van der Waals surface area contributed by atoms with Gasteiger partial charge in [0.1, 0.15) is 0 Å². The molecule has 2 heterocycles. The molecule has 12 heavy (non-hydrogen) atoms. The summed E-state index contributed by atoms with van der Waals surface area (Å²) in [4.78, 5) is 6.31. The van der Waals surface area contributed by atoms with Crippen molar-refractivity contribution in [1.29, 1.82) is 0 Å². The SMILES string of the molecule is CN1C=C(c2cccnc2)CC1. The fourth-order valence-corrected chi connectivity index (χ4v) is 1.46. The standard InChI is InChI=1S/C10H12N2/c1-12-6-4-10(8-12)9-3-2-5-11-7-9/h2-3,5,7-8H,4,6H2,1H3. The third-order valence-electron chi connectivity index (χ3n) is 2.14. The van der Waals surface area contributed by atoms with Crippen LogP contribution in [0.2, 0.25) is 0 Å². The van der Waals surface area contributed by atoms with Crippen LogP contribution >= 0.6 is 0 Å². The molecule has 0 aromatic carbocycles. The number of rotatable bonds is 1. The number of hydrogen-bond donors (Lipinski definition) is 0. The summed E-state index contributed by atoms with van der Waals surface area (Å²) in [6.07, 6.45) is 7.06. The predicted octanol–water partition coefficient (Wildman–Crippen LogP) is 1.76. The smallest absolute Gasteiger partial charge is 0.0343 e. The van der Waals surface area contributed by atoms with Gasteiger partial charge in [-0.15, -0.1) is 0 Å². The molecule has 0 saturated heterocycles. The highest BCUT2D eigenvalue weighted by atomic mass is 15.1. The number of nitrogens with zero attached hydrogens (tertiary/aromatic N) is 2. The maximum Gasteiger partial charge on any atom is 0.0343 e. The molecule has 1 aliphatic rings. The maximum atomic E-state index is 4.09. The number of pyridine rings is 1. The zero-order valence-electron chi connectivity index (χ0n) is 7.20. The molecule has 0 atom stereocenters. The summed E-state index contributed by atoms with van der Waals surface area (Å²) in [5.41, 5.74) is 2.65. The van der Waals surface area contributed by atoms with E-state index in [1.54, 1.807) is 0 Å². The Hall–Kier alpha value is -1.31. The van der Waals surface area contributed by atoms with Crippen LogP contribution in [0.1, 0.15) is 12.0 Å². The molecule has 0 spiro atoms. The van der Waals surface area contributed by atoms with E-state index in [9.17, 15) is 0 Å². The molecular weight excluding hydrogens is 148 g/mol. The lowest BCUT2D eigenvalue weighted by Gasteiger charge is -2.02. The monoisotopic (exact) mass is 160 g/mol. The summed E-state index contributed by atoms with van der Waals surface area (Å²) < 4.78 is 0. The van der Waals surface area contributed by atoms with Crippen molar-refractivity contribution >= 4 is 5.57 Å². The second-order valence-electron chi connectivity index (χ2n) is 3.13. The quantitative estimate of drug-likeness (QED) is 0.622. The summed E-state index contributed by atoms with van der Waals surface area (Å²) in [5, 5.41) is 0. The van der Waals surface area contributed by atoms with Gasteiger partial charge in [0.2, 0.25) is 0 Å². The van der Waals surface area contributed by atoms with Crippen molar-refractivity contribution in [1.82, 2.24) is 9.88 Å². The summed E-state index contributed by atoms with van der Waals surface area (Å²) in [6.45, 7) is 1.13. The first-order valence-electron chi connectivity index (χ1n) is 4.17. The molecule has 2 heteroatoms. The predicted molar refractivity (Wildman–Crippen MR) is 49.5 cm³/mol. The Morgan fingerprint density at radius 2 is 2.42 bits per heavy atom. The van der Waals surface area contributed by atoms with Gasteiger partial charge < -0.3 is 4.90 Å². The fourth-order valence-electron chi connectivity index (χ4n) is 1.46. The molecule has 0 N–H and O–H groups in total. The molecule has 0 saturated carbocycles. The first-order chi connectivity index (χ1) is 5.86. The highest BCUT2D eigenvalue weighted by Gasteiger charge is 2.09. The van der Waals surface area contributed by atoms with Crippen LogP contribution < -0.4 is 0 Å². The Kier molecular flexibility index (Phi) is 1.82. The number of aromatic nitrogens is 1. The molecule has 0 aliphatic carbocycles. The second-order valence-corrected chi connectivity index (χ2v) is 3.13. The Balaban J connectivity index is 2.27. The van der Waals surface area contributed by atoms with Crippen LogP contribution in [0.4, 0.5) is 0 Å². The number of hydrogen-bond acceptors (Lipinski definition) is 2. The van der Waals surface area contributed by atoms with Crippen molar-refractivity contribution in [2.75, 3.05) is 13.6 Å². The molecule has 0 radical (unpaired) electrons. The Labute approximate surface area is 72.5 Å². The Morgan fingerprint density at radius 3 is 3.00 bits per heavy atom. The van der Waals surface area contributed by atoms with E-state index in [-0.39, 0.29) is 0 Å². The maximum absolute atomic E-state index is 4.09. The van der Waals surface area contributed by atoms with E-state index in [0.717, 1.165) is 13.0 Å². The van der Waals surface area contributed by atoms with Gasteiger partial charge in [-0.3, -0.25) is 4.98 Å². The van der Waals surface area contributed by atoms with Crippen molar-refractivity contribution in [3.63, 3.8) is 0 Å². The van der Waals surface area contributed by atoms with Crippen LogP contribution in [0.15, 0.2) is 30.7 Å². The first-order valence-corrected chi connectivity index (χ1v) is 4.17. The second kappa shape index (κ2) is 2.97. The third-order valence-corrected chi connectivity index (χ3v) is 2.14. The van der Waals surface area contributed by atoms with Crippen LogP contribution in [0, 0.1) is 0 Å². The van der Waals surface area contributed by atoms with E-state index in [2.05, 4.69) is 29.2 Å². The minimum Gasteiger partial charge on any atom is -0.380 e. The molecule has 0 unspecified atom stereocenters. The van der Waals surface area contributed by atoms with Gasteiger partial charge in [0.25, 0.3) is 0 Å². The van der Waals surface area contributed by atoms with Gasteiger partial charge in [-0.25, -0.2) is 0 Å². The van der Waals surface area contributed by atoms with E-state index >= 15 is 0 Å². The van der Waals surface area contributed by atoms with Gasteiger partial charge in [-0.2, -0.15) is 0 Å². The van der Waals surface area contributed by atoms with Crippen LogP contribution in [0.3, 0.4) is 0 Å². The summed E-state index contributed by atoms with van der Waals surface area (Å²) in [7, 11) is 2.10. The average molecular weight is 160 g/mol. The van der Waals surface area contributed by atoms with E-state index in [0.29, 0.717) is 0 Å². The molecule has 0 amide bonds. The van der Waals surface area contributed by atoms with Gasteiger partial charge >= 0.3 is 0 Å². The highest BCUT2D eigenvalue weighted by Crippen LogP contribution is 2.22. The molecule has 62 valence electrons. The van der Waals surface area contributed by atoms with Gasteiger partial charge in [0.15, 0.2) is 0 Å². The van der Waals surface area contributed by atoms with Gasteiger partial charge in [-0.05, 0) is 23.6 Å². The molecule has 1 aromatic rings. The largest absolute Gasteiger partial charge is 0.380 e. The van der Waals surface area contributed by atoms with Crippen LogP contribution in [0.25, 0.3) is 5.57 Å². The topological polar surface area (TPSA) is 16.1 Å². The van der Waals surface area contributed by atoms with E-state index < -0.39 is 0 Å². The first kappa shape index (κ1) is 7.35. The van der Waals surface area contributed by atoms with Crippen LogP contribution in [-0.4, -0.2) is 23.5 Å². The molecule has 1 aliphatic heterocycles. The Morgan fingerprint density at radius 1 is 1.50 bits per heavy atom. The third kappa shape index (κ3) is 1.33. The normalized spacial score (nSPS) is 16.4. The lowest BCUT2D eigenvalue weighted by Crippen LogP contribution is -2.04. The van der Waals surface area contributed by atoms with Crippen LogP contribution in [-0.2, 0) is 0 Å². The lowest BCUT2D eigenvalue weighted by atomic mass is 10.1. The zero-order valence-corrected chi connectivity index (χ0v) is 7.20. The van der Waals surface area contributed by atoms with Crippen LogP contribution in [0.5, 0.6) is 0 Å². The summed E-state index contributed by atoms with van der Waals surface area (Å²) in [5.74, 6) is 0. The zero-order chi connectivity index (χ0) is 8.39. The summed E-state index contributed by atoms with van der Waals surface area (Å²) in [6, 6.07) is 4.09. The Bertz CT molecular complexity index is 290. The molecule has 2 rings (SSSR count). The van der Waals surface area contributed by atoms with Crippen molar-refractivity contribution in [2.24, 2.45) is 0 Å². The van der Waals surface area contributed by atoms with Crippen molar-refractivity contribution in [3.05, 3.63) is 36.3 Å². The van der Waals surface area contributed by atoms with Crippen molar-refractivity contribution < 1.29 is 0 Å². The molecule has 1 aromatic heterocycles. The minimum absolute atomic E-state index is 1.13. The van der Waals surface area contributed by atoms with E-state index in [4.69, 9.17) is 0 Å². The van der Waals surface area contributed by atoms with E-state index in [1.165, 1.54) is 11.1 Å². The molecule has 2 nitrogen and oxygen atoms in total. The molecule has 0 fully saturated rings. The van der Waals surface area contributed by atoms with Crippen molar-refractivity contribution in [3.8, 4) is 0 Å². The summed E-state index contributed by atoms with van der Waals surface area (Å²) >= 11 is 0. The van der Waals surface area contributed by atoms with Crippen molar-refractivity contribution in [2.45, 2.75) is 6.42 Å². The fraction of sp³-hybridized carbons (Fsp3) is 0.300. The van der Waals surface area contributed by atoms with Gasteiger partial charge in [-0.1, -0.05) is 6.07 Å². The van der Waals surface area contributed by atoms with Gasteiger partial charge in [0.05, 0.1) is 0 Å². The van der Waals surface area contributed by atoms with Gasteiger partial charge in [0, 0.05) is 32.2 Å². The molecular formula is C10H12N2. The van der Waals surface area contributed by atoms with E-state index in [1.807, 2.05) is 18.5 Å².